The third-order valence-electron chi connectivity index (χ3n) is 6.04. The van der Waals surface area contributed by atoms with Crippen LogP contribution in [0.5, 0.6) is 11.5 Å². The SMILES string of the molecule is c1cc(-c2ncc(N3CCC(c4cn[nH]n4)CC3)[nH]2)nc(NCc2ccc3c(c2)OCO3)n1. The fourth-order valence-corrected chi connectivity index (χ4v) is 4.23. The Kier molecular flexibility index (Phi) is 4.98. The van der Waals surface area contributed by atoms with Gasteiger partial charge in [-0.15, -0.1) is 0 Å². The van der Waals surface area contributed by atoms with Crippen LogP contribution in [0.25, 0.3) is 11.5 Å². The quantitative estimate of drug-likeness (QED) is 0.410. The zero-order chi connectivity index (χ0) is 22.0. The topological polar surface area (TPSA) is 130 Å². The summed E-state index contributed by atoms with van der Waals surface area (Å²) in [4.78, 5) is 19.2. The van der Waals surface area contributed by atoms with Crippen LogP contribution in [0.1, 0.15) is 30.0 Å². The standard InChI is InChI=1S/C22H23N9O2/c1-2-18-19(33-13-32-18)9-14(1)10-25-22-23-6-3-16(27-22)21-24-12-20(28-21)31-7-4-15(5-8-31)17-11-26-30-29-17/h1-3,6,9,11-12,15H,4-5,7-8,10,13H2,(H,24,28)(H,23,25,27)(H,26,29,30). The smallest absolute Gasteiger partial charge is 0.231 e. The van der Waals surface area contributed by atoms with Gasteiger partial charge in [-0.3, -0.25) is 0 Å². The maximum absolute atomic E-state index is 5.44. The van der Waals surface area contributed by atoms with Crippen molar-refractivity contribution < 1.29 is 9.47 Å². The molecule has 0 radical (unpaired) electrons. The Morgan fingerprint density at radius 1 is 1.06 bits per heavy atom. The highest BCUT2D eigenvalue weighted by molar-refractivity contribution is 5.55. The molecule has 3 aromatic heterocycles. The van der Waals surface area contributed by atoms with Gasteiger partial charge < -0.3 is 24.7 Å². The first kappa shape index (κ1) is 19.5. The van der Waals surface area contributed by atoms with E-state index in [0.29, 0.717) is 18.4 Å². The van der Waals surface area contributed by atoms with Gasteiger partial charge in [0, 0.05) is 31.7 Å². The van der Waals surface area contributed by atoms with Crippen molar-refractivity contribution in [3.63, 3.8) is 0 Å². The van der Waals surface area contributed by atoms with E-state index >= 15 is 0 Å². The number of imidazole rings is 1. The van der Waals surface area contributed by atoms with Crippen molar-refractivity contribution in [1.82, 2.24) is 35.3 Å². The number of benzene rings is 1. The normalized spacial score (nSPS) is 15.7. The second-order valence-corrected chi connectivity index (χ2v) is 8.08. The molecule has 2 aliphatic rings. The number of fused-ring (bicyclic) bond motifs is 1. The lowest BCUT2D eigenvalue weighted by molar-refractivity contribution is 0.174. The maximum atomic E-state index is 5.44. The second kappa shape index (κ2) is 8.41. The lowest BCUT2D eigenvalue weighted by atomic mass is 9.94. The van der Waals surface area contributed by atoms with Crippen LogP contribution in [-0.4, -0.2) is 55.2 Å². The Hall–Kier alpha value is -4.15. The molecule has 0 saturated carbocycles. The average molecular weight is 445 g/mol. The first-order chi connectivity index (χ1) is 16.3. The highest BCUT2D eigenvalue weighted by Crippen LogP contribution is 2.33. The zero-order valence-corrected chi connectivity index (χ0v) is 17.9. The molecule has 4 aromatic rings. The summed E-state index contributed by atoms with van der Waals surface area (Å²) < 4.78 is 10.8. The molecule has 33 heavy (non-hydrogen) atoms. The molecule has 11 heteroatoms. The maximum Gasteiger partial charge on any atom is 0.231 e. The fourth-order valence-electron chi connectivity index (χ4n) is 4.23. The van der Waals surface area contributed by atoms with Crippen LogP contribution in [0.3, 0.4) is 0 Å². The van der Waals surface area contributed by atoms with Gasteiger partial charge in [0.1, 0.15) is 11.5 Å². The lowest BCUT2D eigenvalue weighted by Crippen LogP contribution is -2.33. The molecule has 5 heterocycles. The third kappa shape index (κ3) is 4.04. The Morgan fingerprint density at radius 3 is 2.85 bits per heavy atom. The fraction of sp³-hybridized carbons (Fsp3) is 0.318. The van der Waals surface area contributed by atoms with Crippen LogP contribution in [0.2, 0.25) is 0 Å². The minimum atomic E-state index is 0.266. The predicted molar refractivity (Wildman–Crippen MR) is 120 cm³/mol. The first-order valence-electron chi connectivity index (χ1n) is 10.9. The summed E-state index contributed by atoms with van der Waals surface area (Å²) in [5, 5.41) is 14.1. The molecule has 0 aliphatic carbocycles. The monoisotopic (exact) mass is 445 g/mol. The summed E-state index contributed by atoms with van der Waals surface area (Å²) >= 11 is 0. The molecule has 2 aliphatic heterocycles. The number of nitrogens with zero attached hydrogens (tertiary/aromatic N) is 6. The molecule has 0 atom stereocenters. The van der Waals surface area contributed by atoms with Crippen molar-refractivity contribution in [1.29, 1.82) is 0 Å². The molecule has 0 spiro atoms. The zero-order valence-electron chi connectivity index (χ0n) is 17.9. The van der Waals surface area contributed by atoms with Gasteiger partial charge in [0.15, 0.2) is 17.3 Å². The summed E-state index contributed by atoms with van der Waals surface area (Å²) in [6.45, 7) is 2.71. The minimum absolute atomic E-state index is 0.266. The van der Waals surface area contributed by atoms with Gasteiger partial charge in [0.25, 0.3) is 0 Å². The van der Waals surface area contributed by atoms with Gasteiger partial charge >= 0.3 is 0 Å². The molecular weight excluding hydrogens is 422 g/mol. The molecule has 0 bridgehead atoms. The summed E-state index contributed by atoms with van der Waals surface area (Å²) in [7, 11) is 0. The Balaban J connectivity index is 1.10. The number of rotatable bonds is 6. The van der Waals surface area contributed by atoms with Gasteiger partial charge in [-0.25, -0.2) is 15.0 Å². The molecular formula is C22H23N9O2. The largest absolute Gasteiger partial charge is 0.454 e. The van der Waals surface area contributed by atoms with Crippen LogP contribution in [0.15, 0.2) is 42.9 Å². The van der Waals surface area contributed by atoms with Crippen molar-refractivity contribution >= 4 is 11.8 Å². The van der Waals surface area contributed by atoms with E-state index in [1.165, 1.54) is 0 Å². The molecule has 3 N–H and O–H groups in total. The number of hydrogen-bond acceptors (Lipinski definition) is 9. The summed E-state index contributed by atoms with van der Waals surface area (Å²) in [5.41, 5.74) is 2.84. The van der Waals surface area contributed by atoms with Crippen LogP contribution < -0.4 is 19.7 Å². The van der Waals surface area contributed by atoms with Crippen molar-refractivity contribution in [3.8, 4) is 23.0 Å². The number of aromatic amines is 2. The number of aromatic nitrogens is 7. The van der Waals surface area contributed by atoms with Crippen molar-refractivity contribution in [2.45, 2.75) is 25.3 Å². The Morgan fingerprint density at radius 2 is 1.97 bits per heavy atom. The molecule has 168 valence electrons. The average Bonchev–Trinajstić information content (AvgIpc) is 3.64. The molecule has 0 unspecified atom stereocenters. The Bertz CT molecular complexity index is 1230. The van der Waals surface area contributed by atoms with E-state index in [9.17, 15) is 0 Å². The van der Waals surface area contributed by atoms with Gasteiger partial charge in [-0.2, -0.15) is 15.4 Å². The number of H-pyrrole nitrogens is 2. The van der Waals surface area contributed by atoms with Crippen LogP contribution in [-0.2, 0) is 6.54 Å². The van der Waals surface area contributed by atoms with E-state index in [1.54, 1.807) is 6.20 Å². The van der Waals surface area contributed by atoms with Crippen LogP contribution in [0.4, 0.5) is 11.8 Å². The summed E-state index contributed by atoms with van der Waals surface area (Å²) in [5.74, 6) is 4.23. The van der Waals surface area contributed by atoms with Gasteiger partial charge in [0.05, 0.1) is 18.1 Å². The van der Waals surface area contributed by atoms with Gasteiger partial charge in [-0.05, 0) is 36.6 Å². The molecule has 1 fully saturated rings. The number of nitrogens with one attached hydrogen (secondary N) is 3. The number of anilines is 2. The molecule has 1 aromatic carbocycles. The van der Waals surface area contributed by atoms with Crippen LogP contribution in [0, 0.1) is 0 Å². The lowest BCUT2D eigenvalue weighted by Gasteiger charge is -2.31. The number of ether oxygens (including phenoxy) is 2. The number of hydrogen-bond donors (Lipinski definition) is 3. The third-order valence-corrected chi connectivity index (χ3v) is 6.04. The van der Waals surface area contributed by atoms with Crippen LogP contribution >= 0.6 is 0 Å². The molecule has 1 saturated heterocycles. The molecule has 6 rings (SSSR count). The summed E-state index contributed by atoms with van der Waals surface area (Å²) in [6.07, 6.45) is 7.48. The van der Waals surface area contributed by atoms with E-state index in [1.807, 2.05) is 36.7 Å². The first-order valence-corrected chi connectivity index (χ1v) is 10.9. The highest BCUT2D eigenvalue weighted by Gasteiger charge is 2.23. The number of piperidine rings is 1. The summed E-state index contributed by atoms with van der Waals surface area (Å²) in [6, 6.07) is 7.72. The van der Waals surface area contributed by atoms with E-state index in [0.717, 1.165) is 66.0 Å². The van der Waals surface area contributed by atoms with Gasteiger partial charge in [0.2, 0.25) is 12.7 Å². The minimum Gasteiger partial charge on any atom is -0.454 e. The van der Waals surface area contributed by atoms with Gasteiger partial charge in [-0.1, -0.05) is 6.07 Å². The predicted octanol–water partition coefficient (Wildman–Crippen LogP) is 2.71. The molecule has 0 amide bonds. The molecule has 11 nitrogen and oxygen atoms in total. The van der Waals surface area contributed by atoms with E-state index in [-0.39, 0.29) is 6.79 Å². The van der Waals surface area contributed by atoms with Crippen molar-refractivity contribution in [2.75, 3.05) is 30.1 Å². The van der Waals surface area contributed by atoms with Crippen molar-refractivity contribution in [3.05, 3.63) is 54.1 Å². The van der Waals surface area contributed by atoms with E-state index in [2.05, 4.69) is 45.6 Å². The highest BCUT2D eigenvalue weighted by atomic mass is 16.7. The van der Waals surface area contributed by atoms with Crippen molar-refractivity contribution in [2.24, 2.45) is 0 Å². The van der Waals surface area contributed by atoms with E-state index < -0.39 is 0 Å². The second-order valence-electron chi connectivity index (χ2n) is 8.08. The Labute approximate surface area is 189 Å². The van der Waals surface area contributed by atoms with E-state index in [4.69, 9.17) is 9.47 Å².